The first-order valence-corrected chi connectivity index (χ1v) is 42.1. The number of aryl methyl sites for hydroxylation is 2. The Morgan fingerprint density at radius 1 is 0.140 bits per heavy atom. The van der Waals surface area contributed by atoms with E-state index in [0.29, 0.717) is 0 Å². The predicted octanol–water partition coefficient (Wildman–Crippen LogP) is 33.7. The van der Waals surface area contributed by atoms with Crippen molar-refractivity contribution in [2.75, 3.05) is 0 Å². The number of hydrogen-bond acceptors (Lipinski definition) is 0. The zero-order valence-corrected chi connectivity index (χ0v) is 76.4. The monoisotopic (exact) mass is 1510 g/mol. The van der Waals surface area contributed by atoms with Crippen molar-refractivity contribution in [3.8, 4) is 89.0 Å². The van der Waals surface area contributed by atoms with Gasteiger partial charge in [-0.1, -0.05) is 475 Å². The fourth-order valence-corrected chi connectivity index (χ4v) is 16.0. The maximum Gasteiger partial charge on any atom is -0.0111 e. The molecular weight excluding hydrogens is 1370 g/mol. The minimum atomic E-state index is -0.0226. The molecule has 0 saturated carbocycles. The number of hydrogen-bond donors (Lipinski definition) is 0. The molecule has 0 aliphatic heterocycles. The third-order valence-corrected chi connectivity index (χ3v) is 22.3. The standard InChI is InChI=1S/C38H54.C30H38.C24H26.C22H22/c1-34(2,3)27-19-25(20-28(23-27)35(4,5)6)31-17-16-18-32(33(31)38(13,14)15)26-21-29(36(7,8)9)24-30(22-26)37(10,11)12;1-28(2,3)23-17-13-21(14-18-23)25-11-10-12-26(27(25)30(7,8)9)22-15-19-24(20-16-22)29(4,5)6;1-17-16-18(2)22(20-14-10-7-11-15-20)23(24(3,4)5)21(17)19-12-8-6-9-13-19;1-22(2,3)21-19(17-11-6-4-7-12-17)15-10-16-20(21)18-13-8-5-9-14-18/h16-24H,1-15H3;10-20H,1-9H3;6-16H,1-5H3;4-16H,1-3H3. The largest absolute Gasteiger partial charge is 0.0622 e. The minimum Gasteiger partial charge on any atom is -0.0622 e. The highest BCUT2D eigenvalue weighted by atomic mass is 14.4. The van der Waals surface area contributed by atoms with E-state index in [0.717, 1.165) is 0 Å². The smallest absolute Gasteiger partial charge is 0.0111 e. The van der Waals surface area contributed by atoms with Gasteiger partial charge in [0.1, 0.15) is 0 Å². The molecule has 0 aliphatic rings. The molecule has 0 fully saturated rings. The third kappa shape index (κ3) is 21.8. The molecule has 0 spiro atoms. The van der Waals surface area contributed by atoms with E-state index in [4.69, 9.17) is 0 Å². The molecule has 0 amide bonds. The highest BCUT2D eigenvalue weighted by Gasteiger charge is 2.32. The number of rotatable bonds is 8. The molecule has 0 saturated heterocycles. The summed E-state index contributed by atoms with van der Waals surface area (Å²) in [6.45, 7) is 73.9. The number of benzene rings is 12. The van der Waals surface area contributed by atoms with E-state index < -0.39 is 0 Å². The van der Waals surface area contributed by atoms with Crippen LogP contribution >= 0.6 is 0 Å². The van der Waals surface area contributed by atoms with Crippen LogP contribution in [0.25, 0.3) is 89.0 Å². The molecule has 0 aliphatic carbocycles. The second-order valence-electron chi connectivity index (χ2n) is 42.5. The van der Waals surface area contributed by atoms with Gasteiger partial charge in [-0.05, 0) is 224 Å². The van der Waals surface area contributed by atoms with Gasteiger partial charge in [0.25, 0.3) is 0 Å². The Morgan fingerprint density at radius 3 is 0.535 bits per heavy atom. The van der Waals surface area contributed by atoms with Crippen molar-refractivity contribution in [3.63, 3.8) is 0 Å². The van der Waals surface area contributed by atoms with Gasteiger partial charge < -0.3 is 0 Å². The summed E-state index contributed by atoms with van der Waals surface area (Å²) < 4.78 is 0. The molecule has 0 N–H and O–H groups in total. The van der Waals surface area contributed by atoms with Crippen LogP contribution in [-0.2, 0) is 54.1 Å². The van der Waals surface area contributed by atoms with Crippen molar-refractivity contribution in [3.05, 3.63) is 334 Å². The average molecular weight is 1510 g/mol. The van der Waals surface area contributed by atoms with E-state index >= 15 is 0 Å². The molecule has 0 atom stereocenters. The molecular formula is C114H140. The summed E-state index contributed by atoms with van der Waals surface area (Å²) in [5, 5.41) is 0. The van der Waals surface area contributed by atoms with E-state index in [1.54, 1.807) is 0 Å². The first kappa shape index (κ1) is 88.6. The van der Waals surface area contributed by atoms with Crippen LogP contribution < -0.4 is 0 Å². The first-order chi connectivity index (χ1) is 52.7. The van der Waals surface area contributed by atoms with Gasteiger partial charge in [-0.25, -0.2) is 0 Å². The summed E-state index contributed by atoms with van der Waals surface area (Å²) in [6.07, 6.45) is 0. The van der Waals surface area contributed by atoms with Gasteiger partial charge in [-0.3, -0.25) is 0 Å². The normalized spacial score (nSPS) is 12.6. The van der Waals surface area contributed by atoms with Crippen molar-refractivity contribution in [1.29, 1.82) is 0 Å². The van der Waals surface area contributed by atoms with Gasteiger partial charge in [0, 0.05) is 0 Å². The zero-order valence-electron chi connectivity index (χ0n) is 76.4. The van der Waals surface area contributed by atoms with Crippen LogP contribution in [0.3, 0.4) is 0 Å². The lowest BCUT2D eigenvalue weighted by molar-refractivity contribution is 0.568. The van der Waals surface area contributed by atoms with Crippen LogP contribution in [-0.4, -0.2) is 0 Å². The van der Waals surface area contributed by atoms with Crippen molar-refractivity contribution >= 4 is 0 Å². The molecule has 12 aromatic rings. The van der Waals surface area contributed by atoms with E-state index in [1.807, 2.05) is 0 Å². The molecule has 12 rings (SSSR count). The summed E-state index contributed by atoms with van der Waals surface area (Å²) in [5.41, 5.74) is 38.8. The third-order valence-electron chi connectivity index (χ3n) is 22.3. The molecule has 0 aromatic heterocycles. The van der Waals surface area contributed by atoms with Crippen LogP contribution in [0.15, 0.2) is 267 Å². The summed E-state index contributed by atoms with van der Waals surface area (Å²) in [5.74, 6) is 0. The second-order valence-corrected chi connectivity index (χ2v) is 42.5. The fraction of sp³-hybridized carbons (Fsp3) is 0.368. The Morgan fingerprint density at radius 2 is 0.333 bits per heavy atom. The maximum atomic E-state index is 2.44. The zero-order chi connectivity index (χ0) is 84.3. The average Bonchev–Trinajstić information content (AvgIpc) is 0.759. The highest BCUT2D eigenvalue weighted by molar-refractivity contribution is 5.86. The molecule has 0 bridgehead atoms. The first-order valence-electron chi connectivity index (χ1n) is 42.1. The lowest BCUT2D eigenvalue weighted by Gasteiger charge is -2.31. The van der Waals surface area contributed by atoms with Gasteiger partial charge in [-0.2, -0.15) is 0 Å². The molecule has 0 heterocycles. The summed E-state index contributed by atoms with van der Waals surface area (Å²) in [4.78, 5) is 0. The van der Waals surface area contributed by atoms with Crippen LogP contribution in [0.4, 0.5) is 0 Å². The second kappa shape index (κ2) is 34.2. The van der Waals surface area contributed by atoms with Crippen LogP contribution in [0.5, 0.6) is 0 Å². The van der Waals surface area contributed by atoms with E-state index in [2.05, 4.69) is 488 Å². The van der Waals surface area contributed by atoms with Crippen molar-refractivity contribution in [2.24, 2.45) is 0 Å². The summed E-state index contributed by atoms with van der Waals surface area (Å²) >= 11 is 0. The summed E-state index contributed by atoms with van der Waals surface area (Å²) in [7, 11) is 0. The van der Waals surface area contributed by atoms with Crippen LogP contribution in [0.2, 0.25) is 0 Å². The maximum absolute atomic E-state index is 2.44. The molecule has 0 radical (unpaired) electrons. The van der Waals surface area contributed by atoms with E-state index in [1.165, 1.54) is 156 Å². The molecule has 0 unspecified atom stereocenters. The Balaban J connectivity index is 0.000000178. The molecule has 0 heteroatoms. The Labute approximate surface area is 693 Å². The Kier molecular flexibility index (Phi) is 26.6. The Hall–Kier alpha value is -9.36. The topological polar surface area (TPSA) is 0 Å². The van der Waals surface area contributed by atoms with Crippen LogP contribution in [0, 0.1) is 13.8 Å². The van der Waals surface area contributed by atoms with Gasteiger partial charge in [0.2, 0.25) is 0 Å². The Bertz CT molecular complexity index is 4840. The molecule has 114 heavy (non-hydrogen) atoms. The van der Waals surface area contributed by atoms with E-state index in [9.17, 15) is 0 Å². The lowest BCUT2D eigenvalue weighted by atomic mass is 9.73. The minimum absolute atomic E-state index is 0.0226. The van der Waals surface area contributed by atoms with Gasteiger partial charge >= 0.3 is 0 Å². The lowest BCUT2D eigenvalue weighted by Crippen LogP contribution is -2.19. The SMILES string of the molecule is CC(C)(C)c1c(-c2ccccc2)cccc1-c1ccccc1.CC(C)(C)c1cc(-c2cccc(-c3cc(C(C)(C)C)cc(C(C)(C)C)c3)c2C(C)(C)C)cc(C(C)(C)C)c1.CC(C)(C)c1ccc(-c2cccc(-c3ccc(C(C)(C)C)cc3)c2C(C)(C)C)cc1.Cc1cc(C)c(-c2ccccc2)c(C(C)(C)C)c1-c1ccccc1. The van der Waals surface area contributed by atoms with Crippen LogP contribution in [0.1, 0.15) is 274 Å². The fourth-order valence-electron chi connectivity index (χ4n) is 16.0. The van der Waals surface area contributed by atoms with Crippen molar-refractivity contribution in [1.82, 2.24) is 0 Å². The highest BCUT2D eigenvalue weighted by Crippen LogP contribution is 2.49. The molecule has 596 valence electrons. The quantitative estimate of drug-likeness (QED) is 0.142. The summed E-state index contributed by atoms with van der Waals surface area (Å²) in [6, 6.07) is 98.5. The van der Waals surface area contributed by atoms with Gasteiger partial charge in [-0.15, -0.1) is 0 Å². The van der Waals surface area contributed by atoms with E-state index in [-0.39, 0.29) is 54.1 Å². The van der Waals surface area contributed by atoms with Gasteiger partial charge in [0.15, 0.2) is 0 Å². The predicted molar refractivity (Wildman–Crippen MR) is 506 cm³/mol. The molecule has 12 aromatic carbocycles. The van der Waals surface area contributed by atoms with Gasteiger partial charge in [0.05, 0.1) is 0 Å². The van der Waals surface area contributed by atoms with Crippen molar-refractivity contribution in [2.45, 2.75) is 276 Å². The van der Waals surface area contributed by atoms with Crippen molar-refractivity contribution < 1.29 is 0 Å². The molecule has 0 nitrogen and oxygen atoms in total.